The van der Waals surface area contributed by atoms with Gasteiger partial charge in [0, 0.05) is 16.1 Å². The molecular formula is C23H16Cl3N3O4. The minimum atomic E-state index is -0.568. The van der Waals surface area contributed by atoms with Crippen LogP contribution in [0.3, 0.4) is 0 Å². The Morgan fingerprint density at radius 2 is 1.58 bits per heavy atom. The molecule has 0 aliphatic heterocycles. The monoisotopic (exact) mass is 503 g/mol. The van der Waals surface area contributed by atoms with Gasteiger partial charge in [0.1, 0.15) is 5.75 Å². The largest absolute Gasteiger partial charge is 0.422 e. The third-order valence-electron chi connectivity index (χ3n) is 4.19. The molecule has 0 fully saturated rings. The molecule has 168 valence electrons. The molecule has 0 aliphatic rings. The summed E-state index contributed by atoms with van der Waals surface area (Å²) < 4.78 is 5.41. The van der Waals surface area contributed by atoms with Crippen molar-refractivity contribution in [2.45, 2.75) is 0 Å². The number of carbonyl (C=O) groups excluding carboxylic acids is 3. The molecule has 0 saturated heterocycles. The minimum Gasteiger partial charge on any atom is -0.422 e. The number of halogens is 3. The minimum absolute atomic E-state index is 0.230. The van der Waals surface area contributed by atoms with Gasteiger partial charge in [0.15, 0.2) is 0 Å². The van der Waals surface area contributed by atoms with Crippen LogP contribution in [0.4, 0.5) is 0 Å². The fourth-order valence-corrected chi connectivity index (χ4v) is 2.96. The van der Waals surface area contributed by atoms with Crippen molar-refractivity contribution in [3.8, 4) is 5.75 Å². The Hall–Kier alpha value is -3.39. The number of hydrogen-bond acceptors (Lipinski definition) is 5. The Balaban J connectivity index is 1.55. The fraction of sp³-hybridized carbons (Fsp3) is 0.0435. The first-order chi connectivity index (χ1) is 15.8. The Kier molecular flexibility index (Phi) is 8.43. The molecule has 2 N–H and O–H groups in total. The number of benzene rings is 3. The number of para-hydroxylation sites is 1. The number of hydrogen-bond donors (Lipinski definition) is 2. The van der Waals surface area contributed by atoms with Crippen molar-refractivity contribution in [3.05, 3.63) is 98.5 Å². The number of carbonyl (C=O) groups is 3. The number of nitrogens with one attached hydrogen (secondary N) is 2. The van der Waals surface area contributed by atoms with E-state index in [0.29, 0.717) is 21.2 Å². The second kappa shape index (κ2) is 11.5. The maximum atomic E-state index is 12.3. The van der Waals surface area contributed by atoms with Crippen LogP contribution in [0.2, 0.25) is 15.1 Å². The molecule has 0 atom stereocenters. The van der Waals surface area contributed by atoms with Crippen LogP contribution in [0, 0.1) is 0 Å². The molecule has 2 amide bonds. The predicted octanol–water partition coefficient (Wildman–Crippen LogP) is 4.75. The quantitative estimate of drug-likeness (QED) is 0.210. The van der Waals surface area contributed by atoms with Crippen LogP contribution in [0.15, 0.2) is 71.8 Å². The molecule has 3 rings (SSSR count). The van der Waals surface area contributed by atoms with Gasteiger partial charge in [-0.25, -0.2) is 10.2 Å². The van der Waals surface area contributed by atoms with Gasteiger partial charge in [-0.2, -0.15) is 5.10 Å². The van der Waals surface area contributed by atoms with Crippen LogP contribution >= 0.6 is 34.8 Å². The summed E-state index contributed by atoms with van der Waals surface area (Å²) in [5.41, 5.74) is 3.34. The lowest BCUT2D eigenvalue weighted by Crippen LogP contribution is -2.34. The summed E-state index contributed by atoms with van der Waals surface area (Å²) in [6, 6.07) is 17.3. The van der Waals surface area contributed by atoms with E-state index in [2.05, 4.69) is 15.8 Å². The molecule has 0 aromatic heterocycles. The SMILES string of the molecule is O=C(CNC(=O)c1ccc(Cl)c(Cl)c1)N/N=C/c1ccccc1OC(=O)c1ccc(Cl)cc1. The summed E-state index contributed by atoms with van der Waals surface area (Å²) in [5, 5.41) is 7.35. The van der Waals surface area contributed by atoms with E-state index in [0.717, 1.165) is 0 Å². The van der Waals surface area contributed by atoms with Gasteiger partial charge in [-0.05, 0) is 54.6 Å². The molecule has 0 unspecified atom stereocenters. The van der Waals surface area contributed by atoms with Crippen LogP contribution < -0.4 is 15.5 Å². The van der Waals surface area contributed by atoms with E-state index < -0.39 is 17.8 Å². The molecule has 3 aromatic rings. The summed E-state index contributed by atoms with van der Waals surface area (Å²) in [7, 11) is 0. The maximum absolute atomic E-state index is 12.3. The standard InChI is InChI=1S/C23H16Cl3N3O4/c24-17-8-5-14(6-9-17)23(32)33-20-4-2-1-3-16(20)12-28-29-21(30)13-27-22(31)15-7-10-18(25)19(26)11-15/h1-12H,13H2,(H,27,31)(H,29,30)/b28-12+. The molecule has 0 heterocycles. The summed E-state index contributed by atoms with van der Waals surface area (Å²) in [6.45, 7) is -0.316. The van der Waals surface area contributed by atoms with E-state index in [4.69, 9.17) is 39.5 Å². The van der Waals surface area contributed by atoms with Crippen molar-refractivity contribution in [1.29, 1.82) is 0 Å². The van der Waals surface area contributed by atoms with Gasteiger partial charge in [0.05, 0.1) is 28.4 Å². The Labute approximate surface area is 204 Å². The van der Waals surface area contributed by atoms with Crippen molar-refractivity contribution in [2.24, 2.45) is 5.10 Å². The molecule has 33 heavy (non-hydrogen) atoms. The molecule has 0 spiro atoms. The van der Waals surface area contributed by atoms with E-state index in [1.807, 2.05) is 0 Å². The highest BCUT2D eigenvalue weighted by Gasteiger charge is 2.12. The van der Waals surface area contributed by atoms with E-state index in [1.165, 1.54) is 24.4 Å². The highest BCUT2D eigenvalue weighted by molar-refractivity contribution is 6.42. The van der Waals surface area contributed by atoms with Gasteiger partial charge in [0.25, 0.3) is 11.8 Å². The number of ether oxygens (including phenoxy) is 1. The van der Waals surface area contributed by atoms with Crippen molar-refractivity contribution in [3.63, 3.8) is 0 Å². The maximum Gasteiger partial charge on any atom is 0.343 e. The summed E-state index contributed by atoms with van der Waals surface area (Å²) in [5.74, 6) is -1.37. The number of esters is 1. The Morgan fingerprint density at radius 3 is 2.30 bits per heavy atom. The first-order valence-corrected chi connectivity index (χ1v) is 10.6. The molecule has 0 aliphatic carbocycles. The summed E-state index contributed by atoms with van der Waals surface area (Å²) in [4.78, 5) is 36.4. The molecule has 0 bridgehead atoms. The van der Waals surface area contributed by atoms with Crippen molar-refractivity contribution in [1.82, 2.24) is 10.7 Å². The first-order valence-electron chi connectivity index (χ1n) is 9.45. The first kappa shape index (κ1) is 24.3. The van der Waals surface area contributed by atoms with E-state index in [1.54, 1.807) is 48.5 Å². The molecule has 7 nitrogen and oxygen atoms in total. The zero-order valence-corrected chi connectivity index (χ0v) is 19.1. The van der Waals surface area contributed by atoms with Crippen LogP contribution in [0.1, 0.15) is 26.3 Å². The zero-order valence-electron chi connectivity index (χ0n) is 16.8. The van der Waals surface area contributed by atoms with E-state index >= 15 is 0 Å². The Morgan fingerprint density at radius 1 is 0.879 bits per heavy atom. The highest BCUT2D eigenvalue weighted by atomic mass is 35.5. The van der Waals surface area contributed by atoms with Gasteiger partial charge in [-0.1, -0.05) is 46.9 Å². The number of amides is 2. The molecule has 0 saturated carbocycles. The number of nitrogens with zero attached hydrogens (tertiary/aromatic N) is 1. The van der Waals surface area contributed by atoms with E-state index in [9.17, 15) is 14.4 Å². The molecule has 10 heteroatoms. The van der Waals surface area contributed by atoms with Crippen molar-refractivity contribution < 1.29 is 19.1 Å². The van der Waals surface area contributed by atoms with Crippen LogP contribution in [0.5, 0.6) is 5.75 Å². The second-order valence-electron chi connectivity index (χ2n) is 6.54. The fourth-order valence-electron chi connectivity index (χ4n) is 2.54. The normalized spacial score (nSPS) is 10.6. The molecule has 0 radical (unpaired) electrons. The lowest BCUT2D eigenvalue weighted by atomic mass is 10.2. The lowest BCUT2D eigenvalue weighted by molar-refractivity contribution is -0.120. The third-order valence-corrected chi connectivity index (χ3v) is 5.18. The van der Waals surface area contributed by atoms with Crippen LogP contribution in [0.25, 0.3) is 0 Å². The number of rotatable bonds is 7. The molecular weight excluding hydrogens is 489 g/mol. The second-order valence-corrected chi connectivity index (χ2v) is 7.79. The topological polar surface area (TPSA) is 96.9 Å². The average Bonchev–Trinajstić information content (AvgIpc) is 2.80. The number of hydrazone groups is 1. The van der Waals surface area contributed by atoms with Crippen LogP contribution in [-0.2, 0) is 4.79 Å². The van der Waals surface area contributed by atoms with Gasteiger partial charge in [0.2, 0.25) is 0 Å². The summed E-state index contributed by atoms with van der Waals surface area (Å²) in [6.07, 6.45) is 1.32. The third kappa shape index (κ3) is 7.05. The smallest absolute Gasteiger partial charge is 0.343 e. The van der Waals surface area contributed by atoms with Crippen molar-refractivity contribution >= 4 is 58.8 Å². The summed E-state index contributed by atoms with van der Waals surface area (Å²) >= 11 is 17.5. The lowest BCUT2D eigenvalue weighted by Gasteiger charge is -2.07. The van der Waals surface area contributed by atoms with E-state index in [-0.39, 0.29) is 22.9 Å². The van der Waals surface area contributed by atoms with Crippen molar-refractivity contribution in [2.75, 3.05) is 6.54 Å². The van der Waals surface area contributed by atoms with Gasteiger partial charge in [-0.15, -0.1) is 0 Å². The van der Waals surface area contributed by atoms with Gasteiger partial charge in [-0.3, -0.25) is 9.59 Å². The Bertz CT molecular complexity index is 1210. The van der Waals surface area contributed by atoms with Gasteiger partial charge < -0.3 is 10.1 Å². The van der Waals surface area contributed by atoms with Crippen LogP contribution in [-0.4, -0.2) is 30.5 Å². The van der Waals surface area contributed by atoms with Gasteiger partial charge >= 0.3 is 5.97 Å². The average molecular weight is 505 g/mol. The highest BCUT2D eigenvalue weighted by Crippen LogP contribution is 2.22. The predicted molar refractivity (Wildman–Crippen MR) is 127 cm³/mol. The molecule has 3 aromatic carbocycles. The zero-order chi connectivity index (χ0) is 23.8.